The molecule has 1 aliphatic rings. The lowest BCUT2D eigenvalue weighted by Crippen LogP contribution is -2.48. The summed E-state index contributed by atoms with van der Waals surface area (Å²) in [5, 5.41) is 0. The van der Waals surface area contributed by atoms with Crippen molar-refractivity contribution in [1.29, 1.82) is 0 Å². The average molecular weight is 268 g/mol. The van der Waals surface area contributed by atoms with Gasteiger partial charge >= 0.3 is 5.97 Å². The highest BCUT2D eigenvalue weighted by Crippen LogP contribution is 2.37. The summed E-state index contributed by atoms with van der Waals surface area (Å²) in [7, 11) is 0. The summed E-state index contributed by atoms with van der Waals surface area (Å²) >= 11 is 0. The van der Waals surface area contributed by atoms with Gasteiger partial charge in [-0.1, -0.05) is 27.4 Å². The van der Waals surface area contributed by atoms with Crippen LogP contribution >= 0.6 is 0 Å². The molecular formula is C15H24O4. The van der Waals surface area contributed by atoms with Gasteiger partial charge in [0.05, 0.1) is 0 Å². The summed E-state index contributed by atoms with van der Waals surface area (Å²) in [4.78, 5) is 22.5. The number of hydrogen-bond acceptors (Lipinski definition) is 4. The molecule has 0 radical (unpaired) electrons. The molecule has 4 heteroatoms. The first kappa shape index (κ1) is 15.7. The van der Waals surface area contributed by atoms with Crippen LogP contribution in [0, 0.1) is 17.8 Å². The number of rotatable bonds is 5. The number of carbonyl (C=O) groups is 2. The van der Waals surface area contributed by atoms with E-state index in [1.165, 1.54) is 0 Å². The Morgan fingerprint density at radius 3 is 2.42 bits per heavy atom. The van der Waals surface area contributed by atoms with Gasteiger partial charge in [0.15, 0.2) is 0 Å². The highest BCUT2D eigenvalue weighted by atomic mass is 16.6. The van der Waals surface area contributed by atoms with Gasteiger partial charge in [0.25, 0.3) is 6.47 Å². The van der Waals surface area contributed by atoms with E-state index in [0.29, 0.717) is 18.0 Å². The minimum absolute atomic E-state index is 0.184. The van der Waals surface area contributed by atoms with E-state index in [-0.39, 0.29) is 24.0 Å². The van der Waals surface area contributed by atoms with Gasteiger partial charge in [-0.15, -0.1) is 0 Å². The second-order valence-electron chi connectivity index (χ2n) is 5.81. The van der Waals surface area contributed by atoms with Crippen molar-refractivity contribution >= 4 is 12.4 Å². The summed E-state index contributed by atoms with van der Waals surface area (Å²) < 4.78 is 10.7. The van der Waals surface area contributed by atoms with Crippen LogP contribution < -0.4 is 0 Å². The van der Waals surface area contributed by atoms with E-state index in [0.717, 1.165) is 12.8 Å². The van der Waals surface area contributed by atoms with E-state index >= 15 is 0 Å². The summed E-state index contributed by atoms with van der Waals surface area (Å²) in [6, 6.07) is 0. The zero-order valence-corrected chi connectivity index (χ0v) is 12.2. The summed E-state index contributed by atoms with van der Waals surface area (Å²) in [6.45, 7) is 11.9. The first-order valence-corrected chi connectivity index (χ1v) is 6.84. The maximum absolute atomic E-state index is 11.7. The second kappa shape index (κ2) is 6.73. The molecule has 1 fully saturated rings. The van der Waals surface area contributed by atoms with Crippen LogP contribution in [-0.2, 0) is 19.1 Å². The Kier molecular flexibility index (Phi) is 5.58. The van der Waals surface area contributed by atoms with Crippen molar-refractivity contribution in [2.75, 3.05) is 0 Å². The molecule has 1 rings (SSSR count). The van der Waals surface area contributed by atoms with Crippen LogP contribution in [-0.4, -0.2) is 24.6 Å². The molecule has 1 aliphatic carbocycles. The molecule has 19 heavy (non-hydrogen) atoms. The molecule has 4 unspecified atom stereocenters. The SMILES string of the molecule is C=C(C)C(=O)OC1C(C)CCC(C(C)C)C1OC=O. The fourth-order valence-electron chi connectivity index (χ4n) is 2.71. The van der Waals surface area contributed by atoms with Gasteiger partial charge in [-0.3, -0.25) is 4.79 Å². The van der Waals surface area contributed by atoms with Crippen LogP contribution in [0.25, 0.3) is 0 Å². The fraction of sp³-hybridized carbons (Fsp3) is 0.733. The average Bonchev–Trinajstić information content (AvgIpc) is 2.33. The Labute approximate surface area is 115 Å². The first-order valence-electron chi connectivity index (χ1n) is 6.84. The predicted molar refractivity (Wildman–Crippen MR) is 72.4 cm³/mol. The minimum Gasteiger partial charge on any atom is -0.460 e. The molecule has 0 spiro atoms. The Morgan fingerprint density at radius 2 is 1.95 bits per heavy atom. The first-order chi connectivity index (χ1) is 8.88. The number of ether oxygens (including phenoxy) is 2. The summed E-state index contributed by atoms with van der Waals surface area (Å²) in [6.07, 6.45) is 1.22. The highest BCUT2D eigenvalue weighted by molar-refractivity contribution is 5.87. The standard InChI is InChI=1S/C15H24O4/c1-9(2)12-7-6-11(5)13(14(12)18-8-16)19-15(17)10(3)4/h8-9,11-14H,3,6-7H2,1-2,4-5H3. The van der Waals surface area contributed by atoms with Crippen molar-refractivity contribution < 1.29 is 19.1 Å². The Hall–Kier alpha value is -1.32. The molecule has 0 N–H and O–H groups in total. The molecule has 0 aromatic carbocycles. The fourth-order valence-corrected chi connectivity index (χ4v) is 2.71. The third-order valence-electron chi connectivity index (χ3n) is 3.92. The van der Waals surface area contributed by atoms with Crippen molar-refractivity contribution in [2.45, 2.75) is 52.7 Å². The van der Waals surface area contributed by atoms with Crippen molar-refractivity contribution in [2.24, 2.45) is 17.8 Å². The van der Waals surface area contributed by atoms with Crippen molar-refractivity contribution in [3.8, 4) is 0 Å². The minimum atomic E-state index is -0.416. The molecule has 4 nitrogen and oxygen atoms in total. The number of carbonyl (C=O) groups excluding carboxylic acids is 2. The van der Waals surface area contributed by atoms with Crippen LogP contribution in [0.15, 0.2) is 12.2 Å². The quantitative estimate of drug-likeness (QED) is 0.437. The normalized spacial score (nSPS) is 30.8. The second-order valence-corrected chi connectivity index (χ2v) is 5.81. The molecule has 4 atom stereocenters. The lowest BCUT2D eigenvalue weighted by Gasteiger charge is -2.41. The summed E-state index contributed by atoms with van der Waals surface area (Å²) in [5.41, 5.74) is 0.365. The monoisotopic (exact) mass is 268 g/mol. The highest BCUT2D eigenvalue weighted by Gasteiger charge is 2.42. The lowest BCUT2D eigenvalue weighted by atomic mass is 9.73. The maximum atomic E-state index is 11.7. The predicted octanol–water partition coefficient (Wildman–Crippen LogP) is 2.72. The Balaban J connectivity index is 2.89. The van der Waals surface area contributed by atoms with Gasteiger partial charge < -0.3 is 9.47 Å². The smallest absolute Gasteiger partial charge is 0.333 e. The Bertz CT molecular complexity index is 348. The Morgan fingerprint density at radius 1 is 1.32 bits per heavy atom. The zero-order valence-electron chi connectivity index (χ0n) is 12.2. The van der Waals surface area contributed by atoms with Crippen molar-refractivity contribution in [1.82, 2.24) is 0 Å². The van der Waals surface area contributed by atoms with Gasteiger partial charge in [0, 0.05) is 11.5 Å². The van der Waals surface area contributed by atoms with Crippen LogP contribution in [0.3, 0.4) is 0 Å². The van der Waals surface area contributed by atoms with Crippen molar-refractivity contribution in [3.05, 3.63) is 12.2 Å². The zero-order chi connectivity index (χ0) is 14.6. The van der Waals surface area contributed by atoms with Crippen LogP contribution in [0.4, 0.5) is 0 Å². The third kappa shape index (κ3) is 3.82. The molecule has 0 saturated heterocycles. The molecule has 0 bridgehead atoms. The molecule has 0 aromatic rings. The van der Waals surface area contributed by atoms with Crippen LogP contribution in [0.2, 0.25) is 0 Å². The van der Waals surface area contributed by atoms with E-state index < -0.39 is 5.97 Å². The summed E-state index contributed by atoms with van der Waals surface area (Å²) in [5.74, 6) is 0.372. The number of esters is 1. The molecule has 108 valence electrons. The molecule has 0 aliphatic heterocycles. The topological polar surface area (TPSA) is 52.6 Å². The number of hydrogen-bond donors (Lipinski definition) is 0. The van der Waals surface area contributed by atoms with E-state index in [1.54, 1.807) is 6.92 Å². The van der Waals surface area contributed by atoms with Gasteiger partial charge in [-0.25, -0.2) is 4.79 Å². The largest absolute Gasteiger partial charge is 0.460 e. The van der Waals surface area contributed by atoms with E-state index in [1.807, 2.05) is 6.92 Å². The van der Waals surface area contributed by atoms with E-state index in [9.17, 15) is 9.59 Å². The van der Waals surface area contributed by atoms with E-state index in [4.69, 9.17) is 9.47 Å². The van der Waals surface area contributed by atoms with Crippen LogP contribution in [0.5, 0.6) is 0 Å². The van der Waals surface area contributed by atoms with Gasteiger partial charge in [0.1, 0.15) is 12.2 Å². The van der Waals surface area contributed by atoms with Gasteiger partial charge in [-0.05, 0) is 31.6 Å². The van der Waals surface area contributed by atoms with Crippen LogP contribution in [0.1, 0.15) is 40.5 Å². The molecule has 0 heterocycles. The molecule has 1 saturated carbocycles. The molecule has 0 aromatic heterocycles. The van der Waals surface area contributed by atoms with E-state index in [2.05, 4.69) is 20.4 Å². The molecular weight excluding hydrogens is 244 g/mol. The van der Waals surface area contributed by atoms with Gasteiger partial charge in [0.2, 0.25) is 0 Å². The van der Waals surface area contributed by atoms with Gasteiger partial charge in [-0.2, -0.15) is 0 Å². The molecule has 0 amide bonds. The maximum Gasteiger partial charge on any atom is 0.333 e. The third-order valence-corrected chi connectivity index (χ3v) is 3.92. The lowest BCUT2D eigenvalue weighted by molar-refractivity contribution is -0.174. The van der Waals surface area contributed by atoms with Crippen molar-refractivity contribution in [3.63, 3.8) is 0 Å².